The number of carbonyl (C=O) groups is 1. The minimum absolute atomic E-state index is 0.176. The van der Waals surface area contributed by atoms with E-state index in [1.165, 1.54) is 7.14 Å². The molecule has 2 aromatic rings. The van der Waals surface area contributed by atoms with Gasteiger partial charge in [-0.2, -0.15) is 0 Å². The van der Waals surface area contributed by atoms with E-state index in [0.29, 0.717) is 11.3 Å². The highest BCUT2D eigenvalue weighted by molar-refractivity contribution is 5.88. The van der Waals surface area contributed by atoms with E-state index in [1.807, 2.05) is 30.3 Å². The normalized spacial score (nSPS) is 9.95. The minimum atomic E-state index is -0.384. The molecule has 2 rings (SSSR count). The maximum atomic E-state index is 11.4. The van der Waals surface area contributed by atoms with Crippen LogP contribution in [0.25, 0.3) is 0 Å². The number of rotatable bonds is 4. The van der Waals surface area contributed by atoms with E-state index >= 15 is 0 Å². The van der Waals surface area contributed by atoms with Crippen LogP contribution in [0.1, 0.15) is 6.92 Å². The number of carbonyl (C=O) groups excluding carboxylic acids is 1. The fourth-order valence-electron chi connectivity index (χ4n) is 1.36. The van der Waals surface area contributed by atoms with Crippen molar-refractivity contribution < 1.29 is 30.7 Å². The summed E-state index contributed by atoms with van der Waals surface area (Å²) in [4.78, 5) is 11.4. The van der Waals surface area contributed by atoms with E-state index < -0.39 is 0 Å². The smallest absolute Gasteiger partial charge is 0.357 e. The maximum Gasteiger partial charge on any atom is 0.357 e. The van der Waals surface area contributed by atoms with Crippen LogP contribution in [-0.2, 0) is 4.79 Å². The fraction of sp³-hybridized carbons (Fsp3) is 0.0625. The van der Waals surface area contributed by atoms with Crippen molar-refractivity contribution in [3.63, 3.8) is 0 Å². The first-order chi connectivity index (χ1) is 9.15. The monoisotopic (exact) mass is 365 g/mol. The molecular weight excluding hydrogens is 351 g/mol. The molecular formula is C16H14IO2+. The molecule has 0 aromatic heterocycles. The van der Waals surface area contributed by atoms with E-state index in [2.05, 4.69) is 30.8 Å². The number of ether oxygens (including phenoxy) is 1. The Morgan fingerprint density at radius 2 is 1.58 bits per heavy atom. The Bertz CT molecular complexity index is 573. The van der Waals surface area contributed by atoms with Crippen molar-refractivity contribution in [3.8, 4) is 5.75 Å². The molecule has 2 aromatic carbocycles. The van der Waals surface area contributed by atoms with Gasteiger partial charge in [-0.3, -0.25) is 0 Å². The number of esters is 1. The third kappa shape index (κ3) is 4.21. The standard InChI is InChI=1S/C16H14IO2/c1-12(2)16(18)19-15-10-8-14(9-11-15)17-13-6-4-3-5-7-13/h3-11H,1H2,2H3/q+1. The molecule has 19 heavy (non-hydrogen) atoms. The van der Waals surface area contributed by atoms with Gasteiger partial charge < -0.3 is 4.74 Å². The summed E-state index contributed by atoms with van der Waals surface area (Å²) in [5.41, 5.74) is 0.404. The van der Waals surface area contributed by atoms with Crippen LogP contribution in [0.5, 0.6) is 5.75 Å². The molecule has 0 aliphatic rings. The van der Waals surface area contributed by atoms with Crippen molar-refractivity contribution in [1.29, 1.82) is 0 Å². The number of hydrogen-bond donors (Lipinski definition) is 0. The lowest BCUT2D eigenvalue weighted by atomic mass is 10.3. The van der Waals surface area contributed by atoms with Crippen LogP contribution in [0.4, 0.5) is 0 Å². The van der Waals surface area contributed by atoms with Crippen LogP contribution in [0.3, 0.4) is 0 Å². The van der Waals surface area contributed by atoms with Crippen LogP contribution in [-0.4, -0.2) is 5.97 Å². The molecule has 3 heteroatoms. The van der Waals surface area contributed by atoms with E-state index in [4.69, 9.17) is 4.74 Å². The van der Waals surface area contributed by atoms with Gasteiger partial charge in [0.25, 0.3) is 0 Å². The Kier molecular flexibility index (Phi) is 4.74. The molecule has 0 N–H and O–H groups in total. The lowest BCUT2D eigenvalue weighted by Gasteiger charge is -2.02. The second-order valence-electron chi connectivity index (χ2n) is 4.01. The van der Waals surface area contributed by atoms with Gasteiger partial charge in [0, 0.05) is 5.57 Å². The van der Waals surface area contributed by atoms with Gasteiger partial charge in [-0.05, 0) is 43.3 Å². The molecule has 0 spiro atoms. The largest absolute Gasteiger partial charge is 0.423 e. The zero-order valence-corrected chi connectivity index (χ0v) is 12.8. The lowest BCUT2D eigenvalue weighted by molar-refractivity contribution is -0.597. The molecule has 0 saturated heterocycles. The summed E-state index contributed by atoms with van der Waals surface area (Å²) in [6.45, 7) is 5.19. The molecule has 0 saturated carbocycles. The second kappa shape index (κ2) is 6.52. The Morgan fingerprint density at radius 3 is 2.16 bits per heavy atom. The Morgan fingerprint density at radius 1 is 1.00 bits per heavy atom. The van der Waals surface area contributed by atoms with Crippen molar-refractivity contribution >= 4 is 5.97 Å². The van der Waals surface area contributed by atoms with Gasteiger partial charge in [0.05, 0.1) is 0 Å². The van der Waals surface area contributed by atoms with Gasteiger partial charge in [-0.1, -0.05) is 24.8 Å². The highest BCUT2D eigenvalue weighted by Crippen LogP contribution is 2.10. The first kappa shape index (κ1) is 13.8. The molecule has 0 bridgehead atoms. The van der Waals surface area contributed by atoms with Crippen molar-refractivity contribution in [2.45, 2.75) is 6.92 Å². The van der Waals surface area contributed by atoms with Crippen molar-refractivity contribution in [3.05, 3.63) is 73.9 Å². The van der Waals surface area contributed by atoms with E-state index in [-0.39, 0.29) is 27.2 Å². The zero-order chi connectivity index (χ0) is 13.7. The molecule has 0 atom stereocenters. The average molecular weight is 365 g/mol. The Hall–Kier alpha value is -1.62. The molecule has 96 valence electrons. The molecule has 0 heterocycles. The Labute approximate surface area is 123 Å². The first-order valence-corrected chi connectivity index (χ1v) is 7.98. The summed E-state index contributed by atoms with van der Waals surface area (Å²) in [6, 6.07) is 18.1. The van der Waals surface area contributed by atoms with Gasteiger partial charge in [-0.25, -0.2) is 4.79 Å². The SMILES string of the molecule is C=C(C)C(=O)Oc1ccc([I+]c2ccccc2)cc1. The van der Waals surface area contributed by atoms with E-state index in [0.717, 1.165) is 0 Å². The third-order valence-electron chi connectivity index (χ3n) is 2.32. The van der Waals surface area contributed by atoms with Gasteiger partial charge in [0.2, 0.25) is 0 Å². The molecule has 0 radical (unpaired) electrons. The number of hydrogen-bond acceptors (Lipinski definition) is 2. The quantitative estimate of drug-likeness (QED) is 0.337. The molecule has 0 amide bonds. The van der Waals surface area contributed by atoms with Crippen LogP contribution >= 0.6 is 0 Å². The fourth-order valence-corrected chi connectivity index (χ4v) is 3.58. The highest BCUT2D eigenvalue weighted by Gasteiger charge is 2.15. The van der Waals surface area contributed by atoms with Gasteiger partial charge >= 0.3 is 27.2 Å². The summed E-state index contributed by atoms with van der Waals surface area (Å²) < 4.78 is 7.82. The summed E-state index contributed by atoms with van der Waals surface area (Å²) in [5.74, 6) is 0.180. The predicted octanol–water partition coefficient (Wildman–Crippen LogP) is 0.296. The van der Waals surface area contributed by atoms with Crippen molar-refractivity contribution in [2.75, 3.05) is 0 Å². The van der Waals surface area contributed by atoms with Crippen molar-refractivity contribution in [2.24, 2.45) is 0 Å². The molecule has 0 aliphatic carbocycles. The van der Waals surface area contributed by atoms with Crippen LogP contribution < -0.4 is 25.9 Å². The molecule has 0 fully saturated rings. The number of halogens is 1. The second-order valence-corrected chi connectivity index (χ2v) is 7.04. The van der Waals surface area contributed by atoms with Gasteiger partial charge in [0.1, 0.15) is 5.75 Å². The molecule has 0 unspecified atom stereocenters. The van der Waals surface area contributed by atoms with Crippen LogP contribution in [0.15, 0.2) is 66.7 Å². The van der Waals surface area contributed by atoms with Crippen LogP contribution in [0, 0.1) is 7.14 Å². The zero-order valence-electron chi connectivity index (χ0n) is 10.6. The lowest BCUT2D eigenvalue weighted by Crippen LogP contribution is -3.61. The molecule has 0 aliphatic heterocycles. The first-order valence-electron chi connectivity index (χ1n) is 5.83. The Balaban J connectivity index is 2.03. The maximum absolute atomic E-state index is 11.4. The average Bonchev–Trinajstić information content (AvgIpc) is 2.42. The van der Waals surface area contributed by atoms with Crippen LogP contribution in [0.2, 0.25) is 0 Å². The highest BCUT2D eigenvalue weighted by atomic mass is 127. The predicted molar refractivity (Wildman–Crippen MR) is 70.7 cm³/mol. The van der Waals surface area contributed by atoms with Crippen molar-refractivity contribution in [1.82, 2.24) is 0 Å². The van der Waals surface area contributed by atoms with E-state index in [9.17, 15) is 4.79 Å². The minimum Gasteiger partial charge on any atom is -0.423 e. The third-order valence-corrected chi connectivity index (χ3v) is 5.01. The van der Waals surface area contributed by atoms with Gasteiger partial charge in [-0.15, -0.1) is 0 Å². The summed E-state index contributed by atoms with van der Waals surface area (Å²) >= 11 is -0.176. The van der Waals surface area contributed by atoms with Gasteiger partial charge in [0.15, 0.2) is 7.14 Å². The number of benzene rings is 2. The summed E-state index contributed by atoms with van der Waals surface area (Å²) in [5, 5.41) is 0. The van der Waals surface area contributed by atoms with E-state index in [1.54, 1.807) is 6.92 Å². The summed E-state index contributed by atoms with van der Waals surface area (Å²) in [6.07, 6.45) is 0. The summed E-state index contributed by atoms with van der Waals surface area (Å²) in [7, 11) is 0. The topological polar surface area (TPSA) is 26.3 Å². The molecule has 2 nitrogen and oxygen atoms in total.